The van der Waals surface area contributed by atoms with Crippen LogP contribution in [0, 0.1) is 5.92 Å². The van der Waals surface area contributed by atoms with Crippen LogP contribution in [0.15, 0.2) is 12.2 Å². The van der Waals surface area contributed by atoms with E-state index in [1.54, 1.807) is 4.90 Å². The van der Waals surface area contributed by atoms with Crippen LogP contribution in [0.1, 0.15) is 117 Å². The molecule has 0 aliphatic rings. The Morgan fingerprint density at radius 3 is 1.66 bits per heavy atom. The maximum absolute atomic E-state index is 12.5. The van der Waals surface area contributed by atoms with Crippen LogP contribution in [0.25, 0.3) is 0 Å². The van der Waals surface area contributed by atoms with Crippen LogP contribution in [-0.2, 0) is 9.59 Å². The lowest BCUT2D eigenvalue weighted by atomic mass is 9.95. The average molecular weight is 410 g/mol. The fraction of sp³-hybridized carbons (Fsp3) is 0.840. The monoisotopic (exact) mass is 409 g/mol. The van der Waals surface area contributed by atoms with Crippen LogP contribution in [0.2, 0.25) is 0 Å². The molecule has 170 valence electrons. The predicted octanol–water partition coefficient (Wildman–Crippen LogP) is 6.98. The van der Waals surface area contributed by atoms with E-state index in [4.69, 9.17) is 5.11 Å². The average Bonchev–Trinajstić information content (AvgIpc) is 2.70. The molecule has 0 aliphatic heterocycles. The number of unbranched alkanes of at least 4 members (excludes halogenated alkanes) is 12. The summed E-state index contributed by atoms with van der Waals surface area (Å²) >= 11 is 0. The molecular weight excluding hydrogens is 362 g/mol. The van der Waals surface area contributed by atoms with Crippen molar-refractivity contribution in [2.45, 2.75) is 117 Å². The number of hydrogen-bond donors (Lipinski definition) is 1. The molecule has 0 aromatic carbocycles. The summed E-state index contributed by atoms with van der Waals surface area (Å²) in [5.74, 6) is -1.21. The Balaban J connectivity index is 3.67. The summed E-state index contributed by atoms with van der Waals surface area (Å²) in [6, 6.07) is 0. The van der Waals surface area contributed by atoms with Gasteiger partial charge < -0.3 is 10.0 Å². The molecule has 0 fully saturated rings. The molecule has 1 N–H and O–H groups in total. The van der Waals surface area contributed by atoms with Gasteiger partial charge in [0.15, 0.2) is 0 Å². The maximum atomic E-state index is 12.5. The number of aliphatic carboxylic acids is 1. The van der Waals surface area contributed by atoms with Crippen molar-refractivity contribution in [1.29, 1.82) is 0 Å². The van der Waals surface area contributed by atoms with E-state index in [-0.39, 0.29) is 18.2 Å². The molecule has 0 saturated heterocycles. The molecule has 0 heterocycles. The second kappa shape index (κ2) is 20.0. The first kappa shape index (κ1) is 27.7. The van der Waals surface area contributed by atoms with Crippen molar-refractivity contribution < 1.29 is 14.7 Å². The molecule has 0 saturated carbocycles. The number of carbonyl (C=O) groups is 2. The van der Waals surface area contributed by atoms with Crippen molar-refractivity contribution in [3.05, 3.63) is 12.2 Å². The summed E-state index contributed by atoms with van der Waals surface area (Å²) in [7, 11) is 0. The summed E-state index contributed by atoms with van der Waals surface area (Å²) in [6.45, 7) is 7.29. The third kappa shape index (κ3) is 16.2. The number of carboxylic acid groups (broad SMARTS) is 1. The molecule has 29 heavy (non-hydrogen) atoms. The highest BCUT2D eigenvalue weighted by atomic mass is 16.4. The van der Waals surface area contributed by atoms with E-state index in [0.717, 1.165) is 12.8 Å². The first-order valence-corrected chi connectivity index (χ1v) is 12.2. The highest BCUT2D eigenvalue weighted by Crippen LogP contribution is 2.19. The summed E-state index contributed by atoms with van der Waals surface area (Å²) in [5.41, 5.74) is 0. The van der Waals surface area contributed by atoms with Gasteiger partial charge in [0.05, 0.1) is 6.42 Å². The zero-order valence-electron chi connectivity index (χ0n) is 19.5. The van der Waals surface area contributed by atoms with Crippen molar-refractivity contribution in [2.24, 2.45) is 5.92 Å². The first-order chi connectivity index (χ1) is 14.1. The lowest BCUT2D eigenvalue weighted by Crippen LogP contribution is -2.36. The van der Waals surface area contributed by atoms with Crippen molar-refractivity contribution in [2.75, 3.05) is 13.1 Å². The van der Waals surface area contributed by atoms with E-state index >= 15 is 0 Å². The molecule has 1 amide bonds. The van der Waals surface area contributed by atoms with Crippen molar-refractivity contribution in [3.63, 3.8) is 0 Å². The number of allylic oxidation sites excluding steroid dienone is 2. The Morgan fingerprint density at radius 1 is 0.793 bits per heavy atom. The van der Waals surface area contributed by atoms with Crippen molar-refractivity contribution in [3.8, 4) is 0 Å². The molecule has 1 unspecified atom stereocenters. The molecule has 0 aromatic rings. The zero-order chi connectivity index (χ0) is 21.7. The molecular formula is C25H47NO3. The van der Waals surface area contributed by atoms with Crippen LogP contribution < -0.4 is 0 Å². The van der Waals surface area contributed by atoms with E-state index in [0.29, 0.717) is 19.5 Å². The molecule has 0 rings (SSSR count). The van der Waals surface area contributed by atoms with Gasteiger partial charge in [-0.3, -0.25) is 9.59 Å². The number of nitrogens with zero attached hydrogens (tertiary/aromatic N) is 1. The minimum absolute atomic E-state index is 0.0132. The van der Waals surface area contributed by atoms with E-state index < -0.39 is 5.97 Å². The van der Waals surface area contributed by atoms with Gasteiger partial charge in [0, 0.05) is 19.0 Å². The lowest BCUT2D eigenvalue weighted by Gasteiger charge is -2.24. The van der Waals surface area contributed by atoms with Crippen molar-refractivity contribution >= 4 is 11.9 Å². The van der Waals surface area contributed by atoms with Gasteiger partial charge in [-0.05, 0) is 40.0 Å². The standard InChI is InChI=1S/C25H47NO3/c1-4-7-8-9-10-11-12-13-14-15-16-17-18-19-20-21-23(22-24(27)28)25(29)26(5-2)6-3/h4,7,23H,5-6,8-22H2,1-3H3,(H,27,28)/b7-4+. The third-order valence-corrected chi connectivity index (χ3v) is 5.75. The maximum Gasteiger partial charge on any atom is 0.304 e. The molecule has 4 heteroatoms. The highest BCUT2D eigenvalue weighted by Gasteiger charge is 2.24. The van der Waals surface area contributed by atoms with Gasteiger partial charge in [-0.25, -0.2) is 0 Å². The van der Waals surface area contributed by atoms with Crippen LogP contribution in [0.5, 0.6) is 0 Å². The predicted molar refractivity (Wildman–Crippen MR) is 123 cm³/mol. The second-order valence-corrected chi connectivity index (χ2v) is 8.19. The van der Waals surface area contributed by atoms with Crippen LogP contribution in [0.3, 0.4) is 0 Å². The molecule has 0 aliphatic carbocycles. The SMILES string of the molecule is C/C=C/CCCCCCCCCCCCCCC(CC(=O)O)C(=O)N(CC)CC. The Labute approximate surface area is 180 Å². The summed E-state index contributed by atoms with van der Waals surface area (Å²) in [6.07, 6.45) is 21.6. The van der Waals surface area contributed by atoms with Gasteiger partial charge in [-0.1, -0.05) is 82.8 Å². The van der Waals surface area contributed by atoms with Gasteiger partial charge in [0.2, 0.25) is 5.91 Å². The first-order valence-electron chi connectivity index (χ1n) is 12.2. The normalized spacial score (nSPS) is 12.4. The van der Waals surface area contributed by atoms with E-state index in [1.165, 1.54) is 70.6 Å². The lowest BCUT2D eigenvalue weighted by molar-refractivity contribution is -0.144. The van der Waals surface area contributed by atoms with Gasteiger partial charge in [-0.15, -0.1) is 0 Å². The molecule has 0 aromatic heterocycles. The van der Waals surface area contributed by atoms with Crippen LogP contribution >= 0.6 is 0 Å². The summed E-state index contributed by atoms with van der Waals surface area (Å²) < 4.78 is 0. The van der Waals surface area contributed by atoms with Gasteiger partial charge in [0.1, 0.15) is 0 Å². The smallest absolute Gasteiger partial charge is 0.304 e. The Hall–Kier alpha value is -1.32. The van der Waals surface area contributed by atoms with Crippen LogP contribution in [0.4, 0.5) is 0 Å². The van der Waals surface area contributed by atoms with Gasteiger partial charge in [0.25, 0.3) is 0 Å². The molecule has 0 bridgehead atoms. The zero-order valence-corrected chi connectivity index (χ0v) is 19.5. The van der Waals surface area contributed by atoms with Crippen LogP contribution in [-0.4, -0.2) is 35.0 Å². The number of hydrogen-bond acceptors (Lipinski definition) is 2. The van der Waals surface area contributed by atoms with Gasteiger partial charge in [-0.2, -0.15) is 0 Å². The highest BCUT2D eigenvalue weighted by molar-refractivity contribution is 5.83. The summed E-state index contributed by atoms with van der Waals surface area (Å²) in [4.78, 5) is 25.3. The van der Waals surface area contributed by atoms with E-state index in [2.05, 4.69) is 19.1 Å². The van der Waals surface area contributed by atoms with Gasteiger partial charge >= 0.3 is 5.97 Å². The second-order valence-electron chi connectivity index (χ2n) is 8.19. The molecule has 4 nitrogen and oxygen atoms in total. The number of amides is 1. The third-order valence-electron chi connectivity index (χ3n) is 5.75. The molecule has 0 spiro atoms. The Morgan fingerprint density at radius 2 is 1.24 bits per heavy atom. The fourth-order valence-corrected chi connectivity index (χ4v) is 3.90. The topological polar surface area (TPSA) is 57.6 Å². The number of carbonyl (C=O) groups excluding carboxylic acids is 1. The number of carboxylic acids is 1. The van der Waals surface area contributed by atoms with Crippen molar-refractivity contribution in [1.82, 2.24) is 4.90 Å². The Kier molecular flexibility index (Phi) is 19.1. The fourth-order valence-electron chi connectivity index (χ4n) is 3.90. The van der Waals surface area contributed by atoms with E-state index in [9.17, 15) is 9.59 Å². The largest absolute Gasteiger partial charge is 0.481 e. The minimum atomic E-state index is -0.867. The Bertz CT molecular complexity index is 430. The molecule has 1 atom stereocenters. The molecule has 0 radical (unpaired) electrons. The summed E-state index contributed by atoms with van der Waals surface area (Å²) in [5, 5.41) is 9.11. The number of rotatable bonds is 20. The van der Waals surface area contributed by atoms with E-state index in [1.807, 2.05) is 13.8 Å². The minimum Gasteiger partial charge on any atom is -0.481 e. The quantitative estimate of drug-likeness (QED) is 0.174.